The number of benzene rings is 2. The smallest absolute Gasteiger partial charge is 0.407 e. The number of carbonyl (C=O) groups is 4. The molecule has 16 nitrogen and oxygen atoms in total. The summed E-state index contributed by atoms with van der Waals surface area (Å²) in [6, 6.07) is 14.6. The number of carbonyl (C=O) groups excluding carboxylic acids is 4. The van der Waals surface area contributed by atoms with E-state index in [0.717, 1.165) is 71.0 Å². The molecule has 8 atom stereocenters. The molecule has 2 aromatic heterocycles. The Labute approximate surface area is 374 Å². The number of hydrogen-bond acceptors (Lipinski definition) is 10. The van der Waals surface area contributed by atoms with Gasteiger partial charge in [-0.2, -0.15) is 0 Å². The van der Waals surface area contributed by atoms with Gasteiger partial charge in [0.05, 0.1) is 62.1 Å². The van der Waals surface area contributed by atoms with E-state index in [4.69, 9.17) is 28.9 Å². The molecule has 4 aliphatic heterocycles. The first-order chi connectivity index (χ1) is 30.9. The van der Waals surface area contributed by atoms with Crippen LogP contribution in [0.2, 0.25) is 0 Å². The average Bonchev–Trinajstić information content (AvgIpc) is 4.14. The summed E-state index contributed by atoms with van der Waals surface area (Å²) in [5, 5.41) is 5.70. The van der Waals surface area contributed by atoms with E-state index in [1.165, 1.54) is 14.2 Å². The fourth-order valence-corrected chi connectivity index (χ4v) is 10.6. The van der Waals surface area contributed by atoms with Gasteiger partial charge in [-0.25, -0.2) is 19.6 Å². The third kappa shape index (κ3) is 9.82. The molecule has 0 spiro atoms. The van der Waals surface area contributed by atoms with Crippen molar-refractivity contribution >= 4 is 24.0 Å². The Morgan fingerprint density at radius 2 is 0.938 bits per heavy atom. The minimum Gasteiger partial charge on any atom is -0.453 e. The first-order valence-electron chi connectivity index (χ1n) is 22.8. The second-order valence-electron chi connectivity index (χ2n) is 18.1. The Hall–Kier alpha value is -5.74. The highest BCUT2D eigenvalue weighted by Gasteiger charge is 2.43. The van der Waals surface area contributed by atoms with Gasteiger partial charge in [0.1, 0.15) is 23.7 Å². The summed E-state index contributed by atoms with van der Waals surface area (Å²) in [5.74, 6) is 1.05. The van der Waals surface area contributed by atoms with Crippen LogP contribution in [0.15, 0.2) is 60.9 Å². The van der Waals surface area contributed by atoms with Crippen LogP contribution in [-0.4, -0.2) is 118 Å². The van der Waals surface area contributed by atoms with Crippen molar-refractivity contribution in [2.24, 2.45) is 11.8 Å². The highest BCUT2D eigenvalue weighted by atomic mass is 16.5. The van der Waals surface area contributed by atoms with Crippen LogP contribution in [0.5, 0.6) is 0 Å². The summed E-state index contributed by atoms with van der Waals surface area (Å²) in [6.07, 6.45) is 8.34. The molecule has 16 heteroatoms. The molecule has 6 heterocycles. The van der Waals surface area contributed by atoms with Crippen LogP contribution in [-0.2, 0) is 28.5 Å². The number of aromatic nitrogens is 4. The fourth-order valence-electron chi connectivity index (χ4n) is 10.6. The summed E-state index contributed by atoms with van der Waals surface area (Å²) >= 11 is 0. The lowest BCUT2D eigenvalue weighted by molar-refractivity contribution is -0.139. The van der Waals surface area contributed by atoms with Gasteiger partial charge in [0.15, 0.2) is 0 Å². The van der Waals surface area contributed by atoms with Crippen LogP contribution in [0.1, 0.15) is 103 Å². The molecule has 0 unspecified atom stereocenters. The lowest BCUT2D eigenvalue weighted by atomic mass is 9.85. The van der Waals surface area contributed by atoms with Crippen molar-refractivity contribution < 1.29 is 38.1 Å². The standard InChI is InChI=1S/C48H62N8O8/c1-27-21-35(22-28(2)63-27)41(53-47(59)61-5)45(57)55-19-7-9-39(55)43-49-25-37(51-43)33-15-11-31(12-16-33)32-13-17-34(18-14-32)38-26-50-44(52-38)40-10-8-20-56(40)46(58)42(54-48(60)62-6)36-23-29(3)64-30(4)24-36/h11-18,25-30,35-36,39-42H,7-10,19-24H2,1-6H3,(H,49,51)(H,50,52)(H,53,59)(H,54,60)/t27-,28-,29-,30-,39+,40+,41+,42+/m1/s1. The zero-order valence-corrected chi connectivity index (χ0v) is 37.7. The van der Waals surface area contributed by atoms with Gasteiger partial charge in [-0.1, -0.05) is 48.5 Å². The second-order valence-corrected chi connectivity index (χ2v) is 18.1. The van der Waals surface area contributed by atoms with E-state index in [2.05, 4.69) is 44.9 Å². The SMILES string of the molecule is COC(=O)N[C@H](C(=O)N1CCC[C@H]1c1nc(-c2ccc(-c3ccc(-c4c[nH]c([C@@H]5CCCN5C(=O)[C@@H](NC(=O)OC)C5C[C@@H](C)O[C@H](C)C5)n4)cc3)cc2)c[nH]1)C1C[C@@H](C)O[C@H](C)C1. The second kappa shape index (κ2) is 19.6. The number of hydrogen-bond donors (Lipinski definition) is 4. The van der Waals surface area contributed by atoms with Crippen LogP contribution in [0.3, 0.4) is 0 Å². The topological polar surface area (TPSA) is 193 Å². The largest absolute Gasteiger partial charge is 0.453 e. The van der Waals surface area contributed by atoms with Gasteiger partial charge in [0, 0.05) is 36.6 Å². The number of amides is 4. The lowest BCUT2D eigenvalue weighted by Crippen LogP contribution is -2.54. The quantitative estimate of drug-likeness (QED) is 0.119. The number of rotatable bonds is 11. The van der Waals surface area contributed by atoms with Crippen molar-refractivity contribution in [3.63, 3.8) is 0 Å². The van der Waals surface area contributed by atoms with Crippen LogP contribution in [0.4, 0.5) is 9.59 Å². The van der Waals surface area contributed by atoms with Gasteiger partial charge in [0.2, 0.25) is 11.8 Å². The molecule has 4 saturated heterocycles. The van der Waals surface area contributed by atoms with E-state index in [0.29, 0.717) is 38.8 Å². The minimum atomic E-state index is -0.720. The van der Waals surface area contributed by atoms with E-state index in [9.17, 15) is 19.2 Å². The normalized spacial score (nSPS) is 26.8. The van der Waals surface area contributed by atoms with Crippen molar-refractivity contribution in [2.75, 3.05) is 27.3 Å². The predicted molar refractivity (Wildman–Crippen MR) is 239 cm³/mol. The summed E-state index contributed by atoms with van der Waals surface area (Å²) in [7, 11) is 2.62. The van der Waals surface area contributed by atoms with Gasteiger partial charge in [0.25, 0.3) is 0 Å². The van der Waals surface area contributed by atoms with Crippen LogP contribution in [0.25, 0.3) is 33.6 Å². The predicted octanol–water partition coefficient (Wildman–Crippen LogP) is 7.32. The Balaban J connectivity index is 0.917. The number of methoxy groups -OCH3 is 2. The van der Waals surface area contributed by atoms with Gasteiger partial charge >= 0.3 is 12.2 Å². The molecular formula is C48H62N8O8. The number of likely N-dealkylation sites (tertiary alicyclic amines) is 2. The summed E-state index contributed by atoms with van der Waals surface area (Å²) in [5.41, 5.74) is 5.56. The lowest BCUT2D eigenvalue weighted by Gasteiger charge is -2.38. The fraction of sp³-hybridized carbons (Fsp3) is 0.542. The summed E-state index contributed by atoms with van der Waals surface area (Å²) in [6.45, 7) is 9.17. The molecule has 0 radical (unpaired) electrons. The number of alkyl carbamates (subject to hydrolysis) is 2. The molecule has 4 fully saturated rings. The summed E-state index contributed by atoms with van der Waals surface area (Å²) in [4.78, 5) is 73.6. The van der Waals surface area contributed by atoms with Crippen molar-refractivity contribution in [2.45, 2.75) is 128 Å². The van der Waals surface area contributed by atoms with Gasteiger partial charge < -0.3 is 49.3 Å². The van der Waals surface area contributed by atoms with E-state index in [1.807, 2.05) is 74.2 Å². The monoisotopic (exact) mass is 878 g/mol. The van der Waals surface area contributed by atoms with Gasteiger partial charge in [-0.05, 0) is 102 Å². The first-order valence-corrected chi connectivity index (χ1v) is 22.8. The van der Waals surface area contributed by atoms with Crippen LogP contribution < -0.4 is 10.6 Å². The molecule has 4 aliphatic rings. The Kier molecular flexibility index (Phi) is 13.7. The third-order valence-corrected chi connectivity index (χ3v) is 13.5. The molecule has 0 saturated carbocycles. The van der Waals surface area contributed by atoms with E-state index in [-0.39, 0.29) is 60.1 Å². The van der Waals surface area contributed by atoms with Crippen molar-refractivity contribution in [1.82, 2.24) is 40.4 Å². The molecule has 8 rings (SSSR count). The number of H-pyrrole nitrogens is 2. The maximum atomic E-state index is 14.2. The highest BCUT2D eigenvalue weighted by Crippen LogP contribution is 2.38. The molecule has 64 heavy (non-hydrogen) atoms. The molecule has 342 valence electrons. The molecule has 2 aromatic carbocycles. The molecule has 0 bridgehead atoms. The van der Waals surface area contributed by atoms with E-state index < -0.39 is 24.3 Å². The zero-order valence-electron chi connectivity index (χ0n) is 37.7. The molecule has 4 aromatic rings. The maximum absolute atomic E-state index is 14.2. The van der Waals surface area contributed by atoms with Crippen LogP contribution in [0, 0.1) is 11.8 Å². The highest BCUT2D eigenvalue weighted by molar-refractivity contribution is 5.87. The Morgan fingerprint density at radius 3 is 1.28 bits per heavy atom. The number of imidazole rings is 2. The maximum Gasteiger partial charge on any atom is 0.407 e. The van der Waals surface area contributed by atoms with E-state index in [1.54, 1.807) is 0 Å². The average molecular weight is 879 g/mol. The Morgan fingerprint density at radius 1 is 0.594 bits per heavy atom. The summed E-state index contributed by atoms with van der Waals surface area (Å²) < 4.78 is 21.7. The number of nitrogens with one attached hydrogen (secondary N) is 4. The van der Waals surface area contributed by atoms with E-state index >= 15 is 0 Å². The number of nitrogens with zero attached hydrogens (tertiary/aromatic N) is 4. The van der Waals surface area contributed by atoms with Crippen molar-refractivity contribution in [1.29, 1.82) is 0 Å². The number of ether oxygens (including phenoxy) is 4. The minimum absolute atomic E-state index is 0.0165. The zero-order chi connectivity index (χ0) is 45.1. The molecule has 0 aliphatic carbocycles. The molecule has 4 N–H and O–H groups in total. The van der Waals surface area contributed by atoms with Gasteiger partial charge in [-0.15, -0.1) is 0 Å². The Bertz CT molecular complexity index is 2080. The van der Waals surface area contributed by atoms with Gasteiger partial charge in [-0.3, -0.25) is 9.59 Å². The third-order valence-electron chi connectivity index (χ3n) is 13.5. The van der Waals surface area contributed by atoms with Crippen molar-refractivity contribution in [3.05, 3.63) is 72.6 Å². The molecule has 4 amide bonds. The molecular weight excluding hydrogens is 817 g/mol. The van der Waals surface area contributed by atoms with Crippen LogP contribution >= 0.6 is 0 Å². The first kappa shape index (κ1) is 44.9. The van der Waals surface area contributed by atoms with Crippen molar-refractivity contribution in [3.8, 4) is 33.6 Å². The number of aromatic amines is 2.